The van der Waals surface area contributed by atoms with Gasteiger partial charge in [-0.1, -0.05) is 13.3 Å². The van der Waals surface area contributed by atoms with Gasteiger partial charge in [0.2, 0.25) is 0 Å². The summed E-state index contributed by atoms with van der Waals surface area (Å²) >= 11 is 0. The maximum atomic E-state index is 11.9. The summed E-state index contributed by atoms with van der Waals surface area (Å²) in [7, 11) is 0. The van der Waals surface area contributed by atoms with E-state index in [1.807, 2.05) is 32.9 Å². The lowest BCUT2D eigenvalue weighted by molar-refractivity contribution is 0.0513. The minimum Gasteiger partial charge on any atom is -0.444 e. The van der Waals surface area contributed by atoms with Crippen molar-refractivity contribution >= 4 is 11.9 Å². The Hall–Kier alpha value is -1.66. The molecule has 2 heterocycles. The Morgan fingerprint density at radius 2 is 2.12 bits per heavy atom. The second-order valence-corrected chi connectivity index (χ2v) is 8.15. The summed E-state index contributed by atoms with van der Waals surface area (Å²) in [5.74, 6) is 0.929. The number of carbonyl (C=O) groups excluding carboxylic acids is 1. The Morgan fingerprint density at radius 1 is 1.42 bits per heavy atom. The number of nitrogens with zero attached hydrogens (tertiary/aromatic N) is 2. The zero-order chi connectivity index (χ0) is 19.2. The molecule has 1 unspecified atom stereocenters. The van der Waals surface area contributed by atoms with Crippen LogP contribution in [0.3, 0.4) is 0 Å². The fraction of sp³-hybridized carbons (Fsp3) is 0.700. The zero-order valence-electron chi connectivity index (χ0n) is 16.5. The van der Waals surface area contributed by atoms with Crippen LogP contribution in [0.15, 0.2) is 18.3 Å². The number of ether oxygens (including phenoxy) is 1. The highest BCUT2D eigenvalue weighted by molar-refractivity contribution is 5.83. The molecule has 0 bridgehead atoms. The number of amides is 1. The molecule has 1 aliphatic rings. The highest BCUT2D eigenvalue weighted by Crippen LogP contribution is 2.24. The van der Waals surface area contributed by atoms with Crippen molar-refractivity contribution in [1.29, 1.82) is 0 Å². The first-order valence-electron chi connectivity index (χ1n) is 9.62. The summed E-state index contributed by atoms with van der Waals surface area (Å²) < 4.78 is 5.26. The van der Waals surface area contributed by atoms with Crippen molar-refractivity contribution in [1.82, 2.24) is 9.88 Å². The second-order valence-electron chi connectivity index (χ2n) is 8.15. The lowest BCUT2D eigenvalue weighted by Crippen LogP contribution is -2.37. The molecule has 2 rings (SSSR count). The van der Waals surface area contributed by atoms with Crippen LogP contribution in [0.2, 0.25) is 0 Å². The van der Waals surface area contributed by atoms with E-state index in [1.165, 1.54) is 0 Å². The van der Waals surface area contributed by atoms with Gasteiger partial charge in [-0.25, -0.2) is 9.78 Å². The van der Waals surface area contributed by atoms with Crippen LogP contribution in [0.25, 0.3) is 0 Å². The second kappa shape index (κ2) is 9.33. The number of carbonyl (C=O) groups is 1. The van der Waals surface area contributed by atoms with E-state index in [0.717, 1.165) is 50.9 Å². The highest BCUT2D eigenvalue weighted by Gasteiger charge is 2.24. The molecule has 2 N–H and O–H groups in total. The van der Waals surface area contributed by atoms with Crippen LogP contribution < -0.4 is 5.32 Å². The molecule has 6 heteroatoms. The van der Waals surface area contributed by atoms with E-state index in [9.17, 15) is 9.90 Å². The molecule has 0 saturated carbocycles. The number of hydrogen-bond donors (Lipinski definition) is 2. The standard InChI is InChI=1S/C20H33N3O3/c1-5-6-17(24)16-8-11-23(12-9-16)14-15-7-10-21-18(13-15)22-19(25)26-20(2,3)4/h7,10,13,16-17,24H,5-6,8-9,11-12,14H2,1-4H3,(H,21,22,25). The van der Waals surface area contributed by atoms with Crippen molar-refractivity contribution in [3.05, 3.63) is 23.9 Å². The van der Waals surface area contributed by atoms with Crippen LogP contribution in [0.1, 0.15) is 58.9 Å². The number of anilines is 1. The van der Waals surface area contributed by atoms with Crippen molar-refractivity contribution < 1.29 is 14.6 Å². The summed E-state index contributed by atoms with van der Waals surface area (Å²) in [4.78, 5) is 18.5. The van der Waals surface area contributed by atoms with Gasteiger partial charge in [0, 0.05) is 12.7 Å². The third kappa shape index (κ3) is 6.92. The van der Waals surface area contributed by atoms with Crippen molar-refractivity contribution in [3.8, 4) is 0 Å². The van der Waals surface area contributed by atoms with E-state index >= 15 is 0 Å². The molecular weight excluding hydrogens is 330 g/mol. The smallest absolute Gasteiger partial charge is 0.413 e. The van der Waals surface area contributed by atoms with Crippen molar-refractivity contribution in [2.24, 2.45) is 5.92 Å². The van der Waals surface area contributed by atoms with Gasteiger partial charge in [0.1, 0.15) is 11.4 Å². The van der Waals surface area contributed by atoms with Crippen molar-refractivity contribution in [2.75, 3.05) is 18.4 Å². The first-order chi connectivity index (χ1) is 12.3. The first kappa shape index (κ1) is 20.6. The average molecular weight is 364 g/mol. The van der Waals surface area contributed by atoms with Crippen molar-refractivity contribution in [2.45, 2.75) is 71.6 Å². The fourth-order valence-electron chi connectivity index (χ4n) is 3.33. The molecule has 0 aromatic carbocycles. The molecule has 1 aromatic rings. The van der Waals surface area contributed by atoms with E-state index in [0.29, 0.717) is 11.7 Å². The summed E-state index contributed by atoms with van der Waals surface area (Å²) in [6, 6.07) is 3.86. The van der Waals surface area contributed by atoms with Gasteiger partial charge >= 0.3 is 6.09 Å². The van der Waals surface area contributed by atoms with Crippen molar-refractivity contribution in [3.63, 3.8) is 0 Å². The van der Waals surface area contributed by atoms with Crippen LogP contribution in [0.4, 0.5) is 10.6 Å². The number of aliphatic hydroxyl groups excluding tert-OH is 1. The summed E-state index contributed by atoms with van der Waals surface area (Å²) in [5.41, 5.74) is 0.576. The van der Waals surface area contributed by atoms with Crippen LogP contribution in [0, 0.1) is 5.92 Å². The number of aromatic nitrogens is 1. The maximum Gasteiger partial charge on any atom is 0.413 e. The largest absolute Gasteiger partial charge is 0.444 e. The third-order valence-corrected chi connectivity index (χ3v) is 4.62. The molecule has 0 spiro atoms. The fourth-order valence-corrected chi connectivity index (χ4v) is 3.33. The lowest BCUT2D eigenvalue weighted by Gasteiger charge is -2.34. The number of hydrogen-bond acceptors (Lipinski definition) is 5. The summed E-state index contributed by atoms with van der Waals surface area (Å²) in [6.07, 6.45) is 5.06. The zero-order valence-corrected chi connectivity index (χ0v) is 16.5. The Bertz CT molecular complexity index is 578. The Morgan fingerprint density at radius 3 is 2.73 bits per heavy atom. The Balaban J connectivity index is 1.84. The molecule has 1 aromatic heterocycles. The van der Waals surface area contributed by atoms with Gasteiger partial charge in [0.25, 0.3) is 0 Å². The van der Waals surface area contributed by atoms with E-state index in [2.05, 4.69) is 22.1 Å². The SMILES string of the molecule is CCCC(O)C1CCN(Cc2ccnc(NC(=O)OC(C)(C)C)c2)CC1. The van der Waals surface area contributed by atoms with Gasteiger partial charge in [-0.2, -0.15) is 0 Å². The van der Waals surface area contributed by atoms with E-state index < -0.39 is 11.7 Å². The van der Waals surface area contributed by atoms with Crippen LogP contribution in [-0.4, -0.2) is 45.9 Å². The number of nitrogens with one attached hydrogen (secondary N) is 1. The predicted octanol–water partition coefficient (Wildman–Crippen LogP) is 3.80. The van der Waals surface area contributed by atoms with Crippen LogP contribution in [0.5, 0.6) is 0 Å². The third-order valence-electron chi connectivity index (χ3n) is 4.62. The molecule has 1 aliphatic heterocycles. The molecule has 0 aliphatic carbocycles. The molecule has 1 amide bonds. The Labute approximate surface area is 156 Å². The van der Waals surface area contributed by atoms with Crippen LogP contribution >= 0.6 is 0 Å². The molecule has 1 saturated heterocycles. The number of piperidine rings is 1. The number of pyridine rings is 1. The number of likely N-dealkylation sites (tertiary alicyclic amines) is 1. The predicted molar refractivity (Wildman–Crippen MR) is 103 cm³/mol. The minimum absolute atomic E-state index is 0.160. The highest BCUT2D eigenvalue weighted by atomic mass is 16.6. The van der Waals surface area contributed by atoms with Gasteiger partial charge in [-0.15, -0.1) is 0 Å². The van der Waals surface area contributed by atoms with Gasteiger partial charge in [0.15, 0.2) is 0 Å². The number of rotatable bonds is 6. The molecule has 1 atom stereocenters. The minimum atomic E-state index is -0.533. The first-order valence-corrected chi connectivity index (χ1v) is 9.62. The van der Waals surface area contributed by atoms with Gasteiger partial charge in [-0.3, -0.25) is 10.2 Å². The van der Waals surface area contributed by atoms with Gasteiger partial charge in [-0.05, 0) is 76.7 Å². The molecule has 6 nitrogen and oxygen atoms in total. The molecular formula is C20H33N3O3. The quantitative estimate of drug-likeness (QED) is 0.804. The van der Waals surface area contributed by atoms with Gasteiger partial charge in [0.05, 0.1) is 6.10 Å². The molecule has 146 valence electrons. The summed E-state index contributed by atoms with van der Waals surface area (Å²) in [5, 5.41) is 12.9. The normalized spacial score (nSPS) is 17.7. The summed E-state index contributed by atoms with van der Waals surface area (Å²) in [6.45, 7) is 10.4. The van der Waals surface area contributed by atoms with Crippen LogP contribution in [-0.2, 0) is 11.3 Å². The molecule has 0 radical (unpaired) electrons. The lowest BCUT2D eigenvalue weighted by atomic mass is 9.89. The average Bonchev–Trinajstić information content (AvgIpc) is 2.54. The topological polar surface area (TPSA) is 74.7 Å². The van der Waals surface area contributed by atoms with E-state index in [1.54, 1.807) is 6.20 Å². The maximum absolute atomic E-state index is 11.9. The van der Waals surface area contributed by atoms with E-state index in [-0.39, 0.29) is 6.10 Å². The molecule has 26 heavy (non-hydrogen) atoms. The van der Waals surface area contributed by atoms with Gasteiger partial charge < -0.3 is 9.84 Å². The molecule has 1 fully saturated rings. The van der Waals surface area contributed by atoms with E-state index in [4.69, 9.17) is 4.74 Å². The number of aliphatic hydroxyl groups is 1. The monoisotopic (exact) mass is 363 g/mol. The Kier molecular flexibility index (Phi) is 7.41.